The highest BCUT2D eigenvalue weighted by molar-refractivity contribution is 6.31. The molecule has 116 valence electrons. The Kier molecular flexibility index (Phi) is 6.25. The largest absolute Gasteiger partial charge is 0.491 e. The van der Waals surface area contributed by atoms with Crippen LogP contribution in [0, 0.1) is 0 Å². The van der Waals surface area contributed by atoms with Crippen LogP contribution in [0.15, 0.2) is 55.3 Å². The first kappa shape index (κ1) is 16.3. The van der Waals surface area contributed by atoms with Gasteiger partial charge in [-0.3, -0.25) is 0 Å². The molecule has 0 aliphatic heterocycles. The molecule has 0 spiro atoms. The molecule has 0 amide bonds. The third kappa shape index (κ3) is 4.76. The van der Waals surface area contributed by atoms with Gasteiger partial charge >= 0.3 is 0 Å². The number of pyridine rings is 1. The molecule has 4 nitrogen and oxygen atoms in total. The van der Waals surface area contributed by atoms with Gasteiger partial charge in [-0.15, -0.1) is 6.58 Å². The van der Waals surface area contributed by atoms with Crippen LogP contribution >= 0.6 is 11.6 Å². The van der Waals surface area contributed by atoms with Crippen LogP contribution in [0.5, 0.6) is 5.75 Å². The minimum absolute atomic E-state index is 0.193. The van der Waals surface area contributed by atoms with Crippen molar-refractivity contribution in [1.82, 2.24) is 4.98 Å². The lowest BCUT2D eigenvalue weighted by Crippen LogP contribution is -2.26. The summed E-state index contributed by atoms with van der Waals surface area (Å²) in [6.45, 7) is 4.25. The summed E-state index contributed by atoms with van der Waals surface area (Å²) in [5, 5.41) is 13.4. The zero-order valence-corrected chi connectivity index (χ0v) is 13.0. The number of aliphatic hydroxyl groups excluding tert-OH is 1. The first-order valence-electron chi connectivity index (χ1n) is 7.04. The van der Waals surface area contributed by atoms with Gasteiger partial charge in [0.05, 0.1) is 5.69 Å². The van der Waals surface area contributed by atoms with Gasteiger partial charge in [-0.25, -0.2) is 4.98 Å². The second-order valence-corrected chi connectivity index (χ2v) is 5.15. The van der Waals surface area contributed by atoms with E-state index in [9.17, 15) is 5.11 Å². The molecule has 1 aromatic carbocycles. The lowest BCUT2D eigenvalue weighted by Gasteiger charge is -2.16. The Morgan fingerprint density at radius 3 is 2.91 bits per heavy atom. The van der Waals surface area contributed by atoms with Crippen molar-refractivity contribution in [3.8, 4) is 5.75 Å². The fourth-order valence-corrected chi connectivity index (χ4v) is 2.15. The standard InChI is InChI=1S/C17H19ClN2O2/c1-2-6-13-7-3-4-9-16(13)22-12-14(21)11-20-15-8-5-10-19-17(15)18/h2-5,7-10,14,20-21H,1,6,11-12H2. The lowest BCUT2D eigenvalue weighted by atomic mass is 10.1. The number of halogens is 1. The summed E-state index contributed by atoms with van der Waals surface area (Å²) in [5.74, 6) is 0.765. The van der Waals surface area contributed by atoms with Gasteiger partial charge in [-0.1, -0.05) is 35.9 Å². The molecule has 0 saturated carbocycles. The SMILES string of the molecule is C=CCc1ccccc1OCC(O)CNc1cccnc1Cl. The predicted molar refractivity (Wildman–Crippen MR) is 89.6 cm³/mol. The maximum absolute atomic E-state index is 10.0. The molecule has 1 atom stereocenters. The van der Waals surface area contributed by atoms with Gasteiger partial charge in [0.15, 0.2) is 5.15 Å². The maximum Gasteiger partial charge on any atom is 0.152 e. The molecule has 1 heterocycles. The van der Waals surface area contributed by atoms with Crippen LogP contribution in [0.3, 0.4) is 0 Å². The Hall–Kier alpha value is -2.04. The average molecular weight is 319 g/mol. The molecule has 0 saturated heterocycles. The minimum Gasteiger partial charge on any atom is -0.491 e. The topological polar surface area (TPSA) is 54.4 Å². The number of nitrogens with zero attached hydrogens (tertiary/aromatic N) is 1. The van der Waals surface area contributed by atoms with Crippen molar-refractivity contribution < 1.29 is 9.84 Å². The Balaban J connectivity index is 1.84. The molecule has 2 rings (SSSR count). The summed E-state index contributed by atoms with van der Waals surface area (Å²) in [6, 6.07) is 11.3. The Morgan fingerprint density at radius 1 is 1.32 bits per heavy atom. The first-order valence-corrected chi connectivity index (χ1v) is 7.42. The van der Waals surface area contributed by atoms with Crippen LogP contribution in [0.2, 0.25) is 5.15 Å². The fraction of sp³-hybridized carbons (Fsp3) is 0.235. The Labute approximate surface area is 135 Å². The summed E-state index contributed by atoms with van der Waals surface area (Å²) in [5.41, 5.74) is 1.74. The second-order valence-electron chi connectivity index (χ2n) is 4.79. The van der Waals surface area contributed by atoms with Gasteiger partial charge in [0.2, 0.25) is 0 Å². The van der Waals surface area contributed by atoms with Crippen LogP contribution in [-0.4, -0.2) is 29.3 Å². The van der Waals surface area contributed by atoms with E-state index < -0.39 is 6.10 Å². The Morgan fingerprint density at radius 2 is 2.14 bits per heavy atom. The molecule has 0 aliphatic carbocycles. The number of para-hydroxylation sites is 1. The zero-order valence-electron chi connectivity index (χ0n) is 12.2. The van der Waals surface area contributed by atoms with E-state index in [-0.39, 0.29) is 6.61 Å². The van der Waals surface area contributed by atoms with Crippen LogP contribution in [0.1, 0.15) is 5.56 Å². The van der Waals surface area contributed by atoms with Crippen LogP contribution in [0.25, 0.3) is 0 Å². The second kappa shape index (κ2) is 8.41. The van der Waals surface area contributed by atoms with E-state index in [0.29, 0.717) is 17.4 Å². The van der Waals surface area contributed by atoms with Crippen LogP contribution in [0.4, 0.5) is 5.69 Å². The number of allylic oxidation sites excluding steroid dienone is 1. The maximum atomic E-state index is 10.0. The van der Waals surface area contributed by atoms with E-state index >= 15 is 0 Å². The number of aromatic nitrogens is 1. The van der Waals surface area contributed by atoms with E-state index in [1.807, 2.05) is 36.4 Å². The highest BCUT2D eigenvalue weighted by atomic mass is 35.5. The molecule has 22 heavy (non-hydrogen) atoms. The smallest absolute Gasteiger partial charge is 0.152 e. The minimum atomic E-state index is -0.659. The zero-order chi connectivity index (χ0) is 15.8. The van der Waals surface area contributed by atoms with Crippen molar-refractivity contribution in [3.05, 3.63) is 66.0 Å². The quantitative estimate of drug-likeness (QED) is 0.579. The van der Waals surface area contributed by atoms with Crippen molar-refractivity contribution in [2.75, 3.05) is 18.5 Å². The molecule has 1 unspecified atom stereocenters. The third-order valence-corrected chi connectivity index (χ3v) is 3.36. The highest BCUT2D eigenvalue weighted by Crippen LogP contribution is 2.19. The van der Waals surface area contributed by atoms with Gasteiger partial charge in [0, 0.05) is 12.7 Å². The lowest BCUT2D eigenvalue weighted by molar-refractivity contribution is 0.117. The summed E-state index contributed by atoms with van der Waals surface area (Å²) < 4.78 is 5.68. The molecule has 5 heteroatoms. The van der Waals surface area contributed by atoms with Crippen LogP contribution in [-0.2, 0) is 6.42 Å². The number of hydrogen-bond donors (Lipinski definition) is 2. The third-order valence-electron chi connectivity index (χ3n) is 3.06. The molecule has 0 fully saturated rings. The van der Waals surface area contributed by atoms with Gasteiger partial charge in [0.25, 0.3) is 0 Å². The van der Waals surface area contributed by atoms with Crippen molar-refractivity contribution in [2.24, 2.45) is 0 Å². The molecule has 2 aromatic rings. The van der Waals surface area contributed by atoms with Crippen molar-refractivity contribution in [3.63, 3.8) is 0 Å². The average Bonchev–Trinajstić information content (AvgIpc) is 2.53. The van der Waals surface area contributed by atoms with Gasteiger partial charge < -0.3 is 15.2 Å². The first-order chi connectivity index (χ1) is 10.7. The van der Waals surface area contributed by atoms with E-state index in [4.69, 9.17) is 16.3 Å². The normalized spacial score (nSPS) is 11.7. The van der Waals surface area contributed by atoms with E-state index in [1.165, 1.54) is 0 Å². The number of rotatable bonds is 8. The number of ether oxygens (including phenoxy) is 1. The highest BCUT2D eigenvalue weighted by Gasteiger charge is 2.08. The summed E-state index contributed by atoms with van der Waals surface area (Å²) in [4.78, 5) is 3.96. The van der Waals surface area contributed by atoms with Gasteiger partial charge in [0.1, 0.15) is 18.5 Å². The predicted octanol–water partition coefficient (Wildman–Crippen LogP) is 3.32. The summed E-state index contributed by atoms with van der Waals surface area (Å²) in [6.07, 6.45) is 3.51. The van der Waals surface area contributed by atoms with Crippen molar-refractivity contribution >= 4 is 17.3 Å². The number of hydrogen-bond acceptors (Lipinski definition) is 4. The van der Waals surface area contributed by atoms with E-state index in [2.05, 4.69) is 16.9 Å². The summed E-state index contributed by atoms with van der Waals surface area (Å²) in [7, 11) is 0. The Bertz CT molecular complexity index is 619. The number of benzene rings is 1. The molecule has 1 aromatic heterocycles. The molecular formula is C17H19ClN2O2. The number of nitrogens with one attached hydrogen (secondary N) is 1. The number of anilines is 1. The van der Waals surface area contributed by atoms with E-state index in [0.717, 1.165) is 17.7 Å². The summed E-state index contributed by atoms with van der Waals surface area (Å²) >= 11 is 5.94. The van der Waals surface area contributed by atoms with Crippen LogP contribution < -0.4 is 10.1 Å². The molecule has 2 N–H and O–H groups in total. The van der Waals surface area contributed by atoms with Crippen molar-refractivity contribution in [2.45, 2.75) is 12.5 Å². The molecule has 0 bridgehead atoms. The molecule has 0 aliphatic rings. The fourth-order valence-electron chi connectivity index (χ4n) is 1.96. The van der Waals surface area contributed by atoms with Gasteiger partial charge in [-0.05, 0) is 30.2 Å². The number of aliphatic hydroxyl groups is 1. The molecular weight excluding hydrogens is 300 g/mol. The molecule has 0 radical (unpaired) electrons. The van der Waals surface area contributed by atoms with Gasteiger partial charge in [-0.2, -0.15) is 0 Å². The van der Waals surface area contributed by atoms with E-state index in [1.54, 1.807) is 12.3 Å². The van der Waals surface area contributed by atoms with Crippen molar-refractivity contribution in [1.29, 1.82) is 0 Å². The monoisotopic (exact) mass is 318 g/mol.